The smallest absolute Gasteiger partial charge is 0.272 e. The van der Waals surface area contributed by atoms with Gasteiger partial charge in [-0.1, -0.05) is 11.3 Å². The molecule has 0 fully saturated rings. The van der Waals surface area contributed by atoms with Crippen molar-refractivity contribution in [3.05, 3.63) is 5.69 Å². The zero-order chi connectivity index (χ0) is 15.3. The lowest BCUT2D eigenvalue weighted by molar-refractivity contribution is -0.117. The number of aromatic nitrogens is 1. The van der Waals surface area contributed by atoms with Gasteiger partial charge in [0.15, 0.2) is 9.34 Å². The number of nitrogens with one attached hydrogen (secondary N) is 1. The second kappa shape index (κ2) is 7.25. The highest BCUT2D eigenvalue weighted by Gasteiger charge is 2.20. The third kappa shape index (κ3) is 5.65. The topological polar surface area (TPSA) is 85.4 Å². The molecule has 1 aromatic rings. The van der Waals surface area contributed by atoms with Crippen molar-refractivity contribution in [1.82, 2.24) is 4.98 Å². The van der Waals surface area contributed by atoms with E-state index in [0.29, 0.717) is 11.3 Å². The molecule has 1 amide bonds. The molecule has 0 spiro atoms. The highest BCUT2D eigenvalue weighted by Crippen LogP contribution is 2.29. The molecule has 1 heterocycles. The number of halogens is 3. The second-order valence-corrected chi connectivity index (χ2v) is 7.35. The Morgan fingerprint density at radius 1 is 1.55 bits per heavy atom. The Hall–Kier alpha value is -0.840. The first-order valence-corrected chi connectivity index (χ1v) is 8.40. The molecule has 0 aliphatic heterocycles. The number of nitrogens with zero attached hydrogens (tertiary/aromatic N) is 1. The molecule has 0 aromatic carbocycles. The van der Waals surface area contributed by atoms with Crippen molar-refractivity contribution >= 4 is 42.1 Å². The van der Waals surface area contributed by atoms with Crippen LogP contribution in [0.3, 0.4) is 0 Å². The van der Waals surface area contributed by atoms with Crippen molar-refractivity contribution < 1.29 is 26.7 Å². The van der Waals surface area contributed by atoms with E-state index in [1.807, 2.05) is 0 Å². The number of hydrogen-bond acceptors (Lipinski definition) is 6. The molecule has 20 heavy (non-hydrogen) atoms. The summed E-state index contributed by atoms with van der Waals surface area (Å²) in [5.74, 6) is -0.522. The number of hydrogen-bond donors (Lipinski definition) is 1. The predicted octanol–water partition coefficient (Wildman–Crippen LogP) is 1.99. The highest BCUT2D eigenvalue weighted by atomic mass is 35.7. The molecule has 0 aliphatic rings. The normalized spacial score (nSPS) is 11.8. The van der Waals surface area contributed by atoms with Crippen molar-refractivity contribution in [2.45, 2.75) is 24.0 Å². The van der Waals surface area contributed by atoms with Crippen LogP contribution in [-0.2, 0) is 18.6 Å². The average molecular weight is 349 g/mol. The largest absolute Gasteiger partial charge is 0.375 e. The van der Waals surface area contributed by atoms with E-state index in [4.69, 9.17) is 10.7 Å². The van der Waals surface area contributed by atoms with Gasteiger partial charge in [0.2, 0.25) is 5.91 Å². The van der Waals surface area contributed by atoms with Gasteiger partial charge in [0.25, 0.3) is 15.5 Å². The first-order chi connectivity index (χ1) is 9.20. The van der Waals surface area contributed by atoms with Crippen molar-refractivity contribution in [2.24, 2.45) is 0 Å². The summed E-state index contributed by atoms with van der Waals surface area (Å²) in [5, 5.41) is 2.41. The van der Waals surface area contributed by atoms with Crippen molar-refractivity contribution in [3.63, 3.8) is 0 Å². The molecule has 114 valence electrons. The minimum atomic E-state index is -3.91. The van der Waals surface area contributed by atoms with Crippen LogP contribution in [0.4, 0.5) is 13.9 Å². The monoisotopic (exact) mass is 348 g/mol. The molecular formula is C9H11ClF2N2O4S2. The molecule has 0 unspecified atom stereocenters. The average Bonchev–Trinajstić information content (AvgIpc) is 2.65. The number of amides is 1. The van der Waals surface area contributed by atoms with Gasteiger partial charge >= 0.3 is 0 Å². The standard InChI is InChI=1S/C9H11ClF2N2O4S2/c1-5-8(20(10,16)17)19-9(13-5)14-7(15)2-3-18-4-6(11)12/h6H,2-4H2,1H3,(H,13,14,15). The number of ether oxygens (including phenoxy) is 1. The zero-order valence-electron chi connectivity index (χ0n) is 10.2. The number of carbonyl (C=O) groups is 1. The Balaban J connectivity index is 2.51. The van der Waals surface area contributed by atoms with E-state index in [9.17, 15) is 22.0 Å². The Morgan fingerprint density at radius 3 is 2.70 bits per heavy atom. The number of thiazole rings is 1. The van der Waals surface area contributed by atoms with E-state index in [1.165, 1.54) is 6.92 Å². The number of carbonyl (C=O) groups excluding carboxylic acids is 1. The van der Waals surface area contributed by atoms with Crippen molar-refractivity contribution in [2.75, 3.05) is 18.5 Å². The van der Waals surface area contributed by atoms with Crippen LogP contribution in [0, 0.1) is 6.92 Å². The van der Waals surface area contributed by atoms with E-state index in [1.54, 1.807) is 0 Å². The molecule has 1 aromatic heterocycles. The zero-order valence-corrected chi connectivity index (χ0v) is 12.6. The van der Waals surface area contributed by atoms with Crippen LogP contribution < -0.4 is 5.32 Å². The van der Waals surface area contributed by atoms with Gasteiger partial charge < -0.3 is 10.1 Å². The number of rotatable bonds is 7. The van der Waals surface area contributed by atoms with Gasteiger partial charge in [-0.2, -0.15) is 0 Å². The van der Waals surface area contributed by atoms with Crippen LogP contribution in [0.15, 0.2) is 4.21 Å². The predicted molar refractivity (Wildman–Crippen MR) is 70.0 cm³/mol. The maximum absolute atomic E-state index is 11.8. The molecule has 11 heteroatoms. The lowest BCUT2D eigenvalue weighted by Crippen LogP contribution is -2.15. The Kier molecular flexibility index (Phi) is 6.24. The Morgan fingerprint density at radius 2 is 2.20 bits per heavy atom. The maximum atomic E-state index is 11.8. The summed E-state index contributed by atoms with van der Waals surface area (Å²) in [6.07, 6.45) is -2.73. The molecule has 1 N–H and O–H groups in total. The number of anilines is 1. The second-order valence-electron chi connectivity index (χ2n) is 3.59. The van der Waals surface area contributed by atoms with Gasteiger partial charge in [0, 0.05) is 10.7 Å². The lowest BCUT2D eigenvalue weighted by Gasteiger charge is -2.03. The highest BCUT2D eigenvalue weighted by molar-refractivity contribution is 8.15. The minimum absolute atomic E-state index is 0.0700. The van der Waals surface area contributed by atoms with Gasteiger partial charge in [-0.05, 0) is 6.92 Å². The van der Waals surface area contributed by atoms with Crippen LogP contribution in [-0.4, -0.2) is 38.9 Å². The fraction of sp³-hybridized carbons (Fsp3) is 0.556. The van der Waals surface area contributed by atoms with Gasteiger partial charge in [-0.25, -0.2) is 22.2 Å². The number of alkyl halides is 2. The summed E-state index contributed by atoms with van der Waals surface area (Å²) in [4.78, 5) is 15.3. The van der Waals surface area contributed by atoms with Crippen LogP contribution >= 0.6 is 22.0 Å². The molecule has 0 atom stereocenters. The summed E-state index contributed by atoms with van der Waals surface area (Å²) in [5.41, 5.74) is 0.175. The maximum Gasteiger partial charge on any atom is 0.272 e. The Bertz CT molecular complexity index is 577. The summed E-state index contributed by atoms with van der Waals surface area (Å²) in [6.45, 7) is 0.534. The van der Waals surface area contributed by atoms with E-state index in [-0.39, 0.29) is 28.1 Å². The number of aryl methyl sites for hydroxylation is 1. The molecular weight excluding hydrogens is 338 g/mol. The third-order valence-electron chi connectivity index (χ3n) is 1.94. The summed E-state index contributed by atoms with van der Waals surface area (Å²) in [7, 11) is 1.27. The molecule has 0 saturated heterocycles. The quantitative estimate of drug-likeness (QED) is 0.601. The van der Waals surface area contributed by atoms with Crippen LogP contribution in [0.25, 0.3) is 0 Å². The van der Waals surface area contributed by atoms with Crippen molar-refractivity contribution in [1.29, 1.82) is 0 Å². The first-order valence-electron chi connectivity index (χ1n) is 5.28. The van der Waals surface area contributed by atoms with Crippen LogP contribution in [0.1, 0.15) is 12.1 Å². The van der Waals surface area contributed by atoms with Gasteiger partial charge in [-0.15, -0.1) is 0 Å². The molecule has 0 radical (unpaired) electrons. The van der Waals surface area contributed by atoms with Crippen LogP contribution in [0.5, 0.6) is 0 Å². The molecule has 0 saturated carbocycles. The summed E-state index contributed by atoms with van der Waals surface area (Å²) in [6, 6.07) is 0. The molecule has 6 nitrogen and oxygen atoms in total. The molecule has 1 rings (SSSR count). The van der Waals surface area contributed by atoms with E-state index in [2.05, 4.69) is 15.0 Å². The minimum Gasteiger partial charge on any atom is -0.375 e. The van der Waals surface area contributed by atoms with Gasteiger partial charge in [0.05, 0.1) is 18.7 Å². The Labute approximate surface area is 122 Å². The third-order valence-corrected chi connectivity index (χ3v) is 5.19. The first kappa shape index (κ1) is 17.2. The van der Waals surface area contributed by atoms with E-state index < -0.39 is 28.0 Å². The SMILES string of the molecule is Cc1nc(NC(=O)CCOCC(F)F)sc1S(=O)(=O)Cl. The fourth-order valence-electron chi connectivity index (χ4n) is 1.18. The van der Waals surface area contributed by atoms with Gasteiger partial charge in [0.1, 0.15) is 6.61 Å². The summed E-state index contributed by atoms with van der Waals surface area (Å²) >= 11 is 0.715. The van der Waals surface area contributed by atoms with Crippen molar-refractivity contribution in [3.8, 4) is 0 Å². The molecule has 0 bridgehead atoms. The van der Waals surface area contributed by atoms with E-state index >= 15 is 0 Å². The fourth-order valence-corrected chi connectivity index (χ4v) is 3.55. The van der Waals surface area contributed by atoms with Crippen LogP contribution in [0.2, 0.25) is 0 Å². The lowest BCUT2D eigenvalue weighted by atomic mass is 10.4. The molecule has 0 aliphatic carbocycles. The van der Waals surface area contributed by atoms with E-state index in [0.717, 1.165) is 0 Å². The van der Waals surface area contributed by atoms with Gasteiger partial charge in [-0.3, -0.25) is 4.79 Å². The summed E-state index contributed by atoms with van der Waals surface area (Å²) < 4.78 is 50.2.